The smallest absolute Gasteiger partial charge is 0.273 e. The van der Waals surface area contributed by atoms with Crippen molar-refractivity contribution in [1.29, 1.82) is 0 Å². The van der Waals surface area contributed by atoms with Gasteiger partial charge in [-0.05, 0) is 25.9 Å². The first-order chi connectivity index (χ1) is 9.46. The van der Waals surface area contributed by atoms with Crippen molar-refractivity contribution in [2.24, 2.45) is 0 Å². The Morgan fingerprint density at radius 1 is 1.50 bits per heavy atom. The number of aromatic nitrogens is 3. The summed E-state index contributed by atoms with van der Waals surface area (Å²) in [6.07, 6.45) is 4.66. The van der Waals surface area contributed by atoms with E-state index in [-0.39, 0.29) is 24.0 Å². The molecule has 2 heterocycles. The molecule has 1 saturated heterocycles. The summed E-state index contributed by atoms with van der Waals surface area (Å²) in [7, 11) is -3.08. The fourth-order valence-corrected chi connectivity index (χ4v) is 2.54. The fourth-order valence-electron chi connectivity index (χ4n) is 2.07. The van der Waals surface area contributed by atoms with E-state index in [1.165, 1.54) is 0 Å². The van der Waals surface area contributed by atoms with Crippen LogP contribution in [-0.2, 0) is 9.84 Å². The summed E-state index contributed by atoms with van der Waals surface area (Å²) in [5, 5.41) is 13.6. The number of nitrogens with one attached hydrogen (secondary N) is 2. The lowest BCUT2D eigenvalue weighted by Gasteiger charge is -2.22. The molecule has 0 aromatic carbocycles. The van der Waals surface area contributed by atoms with Crippen molar-refractivity contribution in [2.45, 2.75) is 18.9 Å². The van der Waals surface area contributed by atoms with Gasteiger partial charge < -0.3 is 10.6 Å². The SMILES string of the molecule is CS(=O)(=O)CCNC(=O)c1cn(C2CCNCC2)nn1. The molecule has 1 aromatic rings. The molecule has 8 nitrogen and oxygen atoms in total. The van der Waals surface area contributed by atoms with Crippen LogP contribution in [0.15, 0.2) is 6.20 Å². The van der Waals surface area contributed by atoms with Crippen molar-refractivity contribution in [3.8, 4) is 0 Å². The van der Waals surface area contributed by atoms with Gasteiger partial charge in [-0.1, -0.05) is 5.21 Å². The number of carbonyl (C=O) groups excluding carboxylic acids is 1. The summed E-state index contributed by atoms with van der Waals surface area (Å²) in [6, 6.07) is 0.265. The van der Waals surface area contributed by atoms with Crippen molar-refractivity contribution < 1.29 is 13.2 Å². The van der Waals surface area contributed by atoms with Crippen LogP contribution in [0, 0.1) is 0 Å². The molecule has 0 radical (unpaired) electrons. The molecule has 1 aromatic heterocycles. The number of sulfone groups is 1. The topological polar surface area (TPSA) is 106 Å². The second kappa shape index (κ2) is 6.31. The maximum absolute atomic E-state index is 11.8. The Bertz CT molecular complexity index is 562. The largest absolute Gasteiger partial charge is 0.350 e. The van der Waals surface area contributed by atoms with Crippen LogP contribution in [0.3, 0.4) is 0 Å². The Kier molecular flexibility index (Phi) is 4.71. The van der Waals surface area contributed by atoms with Crippen molar-refractivity contribution in [1.82, 2.24) is 25.6 Å². The maximum atomic E-state index is 11.8. The number of amides is 1. The van der Waals surface area contributed by atoms with E-state index < -0.39 is 15.7 Å². The van der Waals surface area contributed by atoms with E-state index in [2.05, 4.69) is 20.9 Å². The highest BCUT2D eigenvalue weighted by Gasteiger charge is 2.18. The van der Waals surface area contributed by atoms with Crippen LogP contribution in [0.5, 0.6) is 0 Å². The lowest BCUT2D eigenvalue weighted by atomic mass is 10.1. The summed E-state index contributed by atoms with van der Waals surface area (Å²) < 4.78 is 23.7. The van der Waals surface area contributed by atoms with Gasteiger partial charge in [-0.15, -0.1) is 5.10 Å². The van der Waals surface area contributed by atoms with E-state index in [1.807, 2.05) is 0 Å². The van der Waals surface area contributed by atoms with E-state index in [0.717, 1.165) is 32.2 Å². The quantitative estimate of drug-likeness (QED) is 0.721. The minimum absolute atomic E-state index is 0.0812. The van der Waals surface area contributed by atoms with Crippen molar-refractivity contribution >= 4 is 15.7 Å². The fraction of sp³-hybridized carbons (Fsp3) is 0.727. The molecule has 1 aliphatic heterocycles. The first-order valence-electron chi connectivity index (χ1n) is 6.54. The Hall–Kier alpha value is -1.48. The van der Waals surface area contributed by atoms with Gasteiger partial charge >= 0.3 is 0 Å². The van der Waals surface area contributed by atoms with Gasteiger partial charge in [0.15, 0.2) is 5.69 Å². The predicted octanol–water partition coefficient (Wildman–Crippen LogP) is -1.02. The van der Waals surface area contributed by atoms with Gasteiger partial charge in [0.05, 0.1) is 18.0 Å². The predicted molar refractivity (Wildman–Crippen MR) is 73.2 cm³/mol. The maximum Gasteiger partial charge on any atom is 0.273 e. The first-order valence-corrected chi connectivity index (χ1v) is 8.60. The molecule has 2 rings (SSSR count). The van der Waals surface area contributed by atoms with Gasteiger partial charge in [0.2, 0.25) is 0 Å². The minimum atomic E-state index is -3.08. The van der Waals surface area contributed by atoms with Gasteiger partial charge in [-0.25, -0.2) is 13.1 Å². The Morgan fingerprint density at radius 3 is 2.85 bits per heavy atom. The number of carbonyl (C=O) groups is 1. The lowest BCUT2D eigenvalue weighted by molar-refractivity contribution is 0.0951. The Balaban J connectivity index is 1.89. The van der Waals surface area contributed by atoms with Crippen molar-refractivity contribution in [3.63, 3.8) is 0 Å². The van der Waals surface area contributed by atoms with Crippen LogP contribution in [-0.4, -0.2) is 61.0 Å². The van der Waals surface area contributed by atoms with Crippen LogP contribution in [0.4, 0.5) is 0 Å². The highest BCUT2D eigenvalue weighted by Crippen LogP contribution is 2.16. The number of hydrogen-bond donors (Lipinski definition) is 2. The summed E-state index contributed by atoms with van der Waals surface area (Å²) in [4.78, 5) is 11.8. The van der Waals surface area contributed by atoms with Gasteiger partial charge in [-0.3, -0.25) is 4.79 Å². The first kappa shape index (κ1) is 14.9. The van der Waals surface area contributed by atoms with Gasteiger partial charge in [0.1, 0.15) is 9.84 Å². The van der Waals surface area contributed by atoms with E-state index in [0.29, 0.717) is 0 Å². The molecule has 0 aliphatic carbocycles. The molecule has 1 aliphatic rings. The molecule has 1 amide bonds. The van der Waals surface area contributed by atoms with Crippen LogP contribution >= 0.6 is 0 Å². The average molecular weight is 301 g/mol. The molecule has 1 fully saturated rings. The zero-order valence-electron chi connectivity index (χ0n) is 11.4. The number of hydrogen-bond acceptors (Lipinski definition) is 6. The molecule has 0 saturated carbocycles. The monoisotopic (exact) mass is 301 g/mol. The third-order valence-corrected chi connectivity index (χ3v) is 4.13. The van der Waals surface area contributed by atoms with Gasteiger partial charge in [-0.2, -0.15) is 0 Å². The summed E-state index contributed by atoms with van der Waals surface area (Å²) in [5.41, 5.74) is 0.219. The van der Waals surface area contributed by atoms with E-state index >= 15 is 0 Å². The van der Waals surface area contributed by atoms with Crippen LogP contribution in [0.2, 0.25) is 0 Å². The third kappa shape index (κ3) is 4.27. The lowest BCUT2D eigenvalue weighted by Crippen LogP contribution is -2.30. The van der Waals surface area contributed by atoms with Crippen LogP contribution in [0.1, 0.15) is 29.4 Å². The second-order valence-corrected chi connectivity index (χ2v) is 7.21. The Labute approximate surface area is 117 Å². The molecule has 9 heteroatoms. The molecule has 0 unspecified atom stereocenters. The molecule has 0 spiro atoms. The van der Waals surface area contributed by atoms with Crippen LogP contribution in [0.25, 0.3) is 0 Å². The molecule has 0 bridgehead atoms. The summed E-state index contributed by atoms with van der Waals surface area (Å²) >= 11 is 0. The van der Waals surface area contributed by atoms with E-state index in [1.54, 1.807) is 10.9 Å². The second-order valence-electron chi connectivity index (χ2n) is 4.95. The zero-order valence-corrected chi connectivity index (χ0v) is 12.2. The number of nitrogens with zero attached hydrogens (tertiary/aromatic N) is 3. The van der Waals surface area contributed by atoms with Gasteiger partial charge in [0.25, 0.3) is 5.91 Å². The normalized spacial score (nSPS) is 17.1. The Morgan fingerprint density at radius 2 is 2.20 bits per heavy atom. The number of rotatable bonds is 5. The molecule has 0 atom stereocenters. The highest BCUT2D eigenvalue weighted by molar-refractivity contribution is 7.90. The van der Waals surface area contributed by atoms with Gasteiger partial charge in [0, 0.05) is 12.8 Å². The molecule has 2 N–H and O–H groups in total. The average Bonchev–Trinajstić information content (AvgIpc) is 2.88. The number of piperidine rings is 1. The zero-order chi connectivity index (χ0) is 14.6. The summed E-state index contributed by atoms with van der Waals surface area (Å²) in [5.74, 6) is -0.477. The standard InChI is InChI=1S/C11H19N5O3S/c1-20(18,19)7-6-13-11(17)10-8-16(15-14-10)9-2-4-12-5-3-9/h8-9,12H,2-7H2,1H3,(H,13,17). The highest BCUT2D eigenvalue weighted by atomic mass is 32.2. The molecule has 112 valence electrons. The van der Waals surface area contributed by atoms with E-state index in [4.69, 9.17) is 0 Å². The molecular weight excluding hydrogens is 282 g/mol. The van der Waals surface area contributed by atoms with Crippen LogP contribution < -0.4 is 10.6 Å². The molecular formula is C11H19N5O3S. The minimum Gasteiger partial charge on any atom is -0.350 e. The summed E-state index contributed by atoms with van der Waals surface area (Å²) in [6.45, 7) is 1.94. The third-order valence-electron chi connectivity index (χ3n) is 3.18. The van der Waals surface area contributed by atoms with Crippen molar-refractivity contribution in [3.05, 3.63) is 11.9 Å². The van der Waals surface area contributed by atoms with E-state index in [9.17, 15) is 13.2 Å². The van der Waals surface area contributed by atoms with Crippen molar-refractivity contribution in [2.75, 3.05) is 31.6 Å². The molecule has 20 heavy (non-hydrogen) atoms.